The second-order valence-electron chi connectivity index (χ2n) is 8.46. The molecule has 7 heteroatoms. The first-order valence-electron chi connectivity index (χ1n) is 10.6. The summed E-state index contributed by atoms with van der Waals surface area (Å²) in [6, 6.07) is 5.84. The average Bonchev–Trinajstić information content (AvgIpc) is 3.49. The molecular weight excluding hydrogens is 378 g/mol. The van der Waals surface area contributed by atoms with Gasteiger partial charge in [-0.2, -0.15) is 0 Å². The summed E-state index contributed by atoms with van der Waals surface area (Å²) in [5.74, 6) is 1.26. The molecule has 0 radical (unpaired) electrons. The van der Waals surface area contributed by atoms with Gasteiger partial charge in [0.1, 0.15) is 0 Å². The first kappa shape index (κ1) is 20.3. The number of primary amides is 1. The quantitative estimate of drug-likeness (QED) is 0.504. The number of nitrogens with zero attached hydrogens (tertiary/aromatic N) is 3. The largest absolute Gasteiger partial charge is 0.396 e. The van der Waals surface area contributed by atoms with Crippen LogP contribution in [-0.2, 0) is 6.42 Å². The monoisotopic (exact) mass is 407 g/mol. The van der Waals surface area contributed by atoms with Gasteiger partial charge in [0, 0.05) is 30.5 Å². The lowest BCUT2D eigenvalue weighted by molar-refractivity contribution is 0.0999. The number of carbonyl (C=O) groups excluding carboxylic acids is 1. The Morgan fingerprint density at radius 2 is 2.17 bits per heavy atom. The van der Waals surface area contributed by atoms with Crippen molar-refractivity contribution >= 4 is 17.4 Å². The van der Waals surface area contributed by atoms with E-state index in [2.05, 4.69) is 34.6 Å². The van der Waals surface area contributed by atoms with Crippen LogP contribution in [-0.4, -0.2) is 38.5 Å². The van der Waals surface area contributed by atoms with Gasteiger partial charge in [-0.15, -0.1) is 0 Å². The fourth-order valence-corrected chi connectivity index (χ4v) is 3.73. The predicted molar refractivity (Wildman–Crippen MR) is 118 cm³/mol. The van der Waals surface area contributed by atoms with E-state index < -0.39 is 0 Å². The Hall–Kier alpha value is -2.93. The van der Waals surface area contributed by atoms with Crippen LogP contribution in [0.1, 0.15) is 60.6 Å². The van der Waals surface area contributed by atoms with Crippen LogP contribution in [0.3, 0.4) is 0 Å². The number of anilines is 1. The Bertz CT molecular complexity index is 1070. The summed E-state index contributed by atoms with van der Waals surface area (Å²) in [6.45, 7) is 5.23. The SMILES string of the molecule is CC(C)CNc1nc(CCCO)cn2c(-c3ccc(C(N)=O)c(C4CC4)c3)cnc12. The van der Waals surface area contributed by atoms with Crippen LogP contribution in [0.2, 0.25) is 0 Å². The fraction of sp³-hybridized carbons (Fsp3) is 0.435. The van der Waals surface area contributed by atoms with Crippen LogP contribution in [0.25, 0.3) is 16.9 Å². The van der Waals surface area contributed by atoms with E-state index >= 15 is 0 Å². The molecule has 1 aliphatic carbocycles. The zero-order valence-electron chi connectivity index (χ0n) is 17.6. The minimum atomic E-state index is -0.378. The van der Waals surface area contributed by atoms with Gasteiger partial charge in [-0.25, -0.2) is 9.97 Å². The van der Waals surface area contributed by atoms with Crippen LogP contribution < -0.4 is 11.1 Å². The van der Waals surface area contributed by atoms with E-state index in [-0.39, 0.29) is 12.5 Å². The van der Waals surface area contributed by atoms with Gasteiger partial charge in [0.05, 0.1) is 17.6 Å². The molecule has 1 aliphatic rings. The van der Waals surface area contributed by atoms with Gasteiger partial charge < -0.3 is 16.2 Å². The van der Waals surface area contributed by atoms with E-state index in [0.717, 1.165) is 53.4 Å². The summed E-state index contributed by atoms with van der Waals surface area (Å²) in [7, 11) is 0. The highest BCUT2D eigenvalue weighted by atomic mass is 16.2. The molecule has 0 bridgehead atoms. The first-order chi connectivity index (χ1) is 14.5. The van der Waals surface area contributed by atoms with E-state index in [1.54, 1.807) is 0 Å². The molecule has 1 saturated carbocycles. The number of benzene rings is 1. The van der Waals surface area contributed by atoms with E-state index in [9.17, 15) is 9.90 Å². The zero-order valence-corrected chi connectivity index (χ0v) is 17.6. The van der Waals surface area contributed by atoms with Gasteiger partial charge in [-0.1, -0.05) is 19.9 Å². The molecule has 1 amide bonds. The second kappa shape index (κ2) is 8.44. The van der Waals surface area contributed by atoms with Crippen molar-refractivity contribution < 1.29 is 9.90 Å². The molecule has 0 aliphatic heterocycles. The molecule has 158 valence electrons. The van der Waals surface area contributed by atoms with Crippen LogP contribution in [0.15, 0.2) is 30.6 Å². The summed E-state index contributed by atoms with van der Waals surface area (Å²) in [6.07, 6.45) is 7.38. The van der Waals surface area contributed by atoms with Crippen LogP contribution in [0.5, 0.6) is 0 Å². The van der Waals surface area contributed by atoms with Crippen molar-refractivity contribution in [3.05, 3.63) is 47.4 Å². The molecule has 0 unspecified atom stereocenters. The van der Waals surface area contributed by atoms with E-state index in [0.29, 0.717) is 30.2 Å². The third-order valence-electron chi connectivity index (χ3n) is 5.44. The van der Waals surface area contributed by atoms with Crippen LogP contribution in [0.4, 0.5) is 5.82 Å². The molecular formula is C23H29N5O2. The van der Waals surface area contributed by atoms with Gasteiger partial charge in [0.25, 0.3) is 0 Å². The number of nitrogens with one attached hydrogen (secondary N) is 1. The number of fused-ring (bicyclic) bond motifs is 1. The number of nitrogens with two attached hydrogens (primary N) is 1. The van der Waals surface area contributed by atoms with Crippen molar-refractivity contribution in [3.8, 4) is 11.3 Å². The molecule has 2 heterocycles. The highest BCUT2D eigenvalue weighted by Gasteiger charge is 2.28. The lowest BCUT2D eigenvalue weighted by Crippen LogP contribution is -2.13. The maximum atomic E-state index is 11.8. The lowest BCUT2D eigenvalue weighted by Gasteiger charge is -2.13. The number of imidazole rings is 1. The maximum absolute atomic E-state index is 11.8. The summed E-state index contributed by atoms with van der Waals surface area (Å²) < 4.78 is 2.05. The third-order valence-corrected chi connectivity index (χ3v) is 5.44. The lowest BCUT2D eigenvalue weighted by atomic mass is 9.98. The average molecular weight is 408 g/mol. The molecule has 0 spiro atoms. The highest BCUT2D eigenvalue weighted by molar-refractivity contribution is 5.95. The summed E-state index contributed by atoms with van der Waals surface area (Å²) in [4.78, 5) is 21.2. The van der Waals surface area contributed by atoms with E-state index in [4.69, 9.17) is 10.7 Å². The number of hydrogen-bond acceptors (Lipinski definition) is 5. The number of hydrogen-bond donors (Lipinski definition) is 3. The van der Waals surface area contributed by atoms with Gasteiger partial charge in [-0.05, 0) is 55.2 Å². The van der Waals surface area contributed by atoms with Crippen molar-refractivity contribution in [3.63, 3.8) is 0 Å². The van der Waals surface area contributed by atoms with E-state index in [1.807, 2.05) is 24.5 Å². The number of aryl methyl sites for hydroxylation is 1. The number of carbonyl (C=O) groups is 1. The Morgan fingerprint density at radius 1 is 1.37 bits per heavy atom. The molecule has 0 atom stereocenters. The minimum Gasteiger partial charge on any atom is -0.396 e. The molecule has 2 aromatic heterocycles. The molecule has 1 aromatic carbocycles. The molecule has 30 heavy (non-hydrogen) atoms. The summed E-state index contributed by atoms with van der Waals surface area (Å²) >= 11 is 0. The number of amides is 1. The molecule has 0 saturated heterocycles. The number of aliphatic hydroxyl groups is 1. The smallest absolute Gasteiger partial charge is 0.248 e. The number of aliphatic hydroxyl groups excluding tert-OH is 1. The van der Waals surface area contributed by atoms with Gasteiger partial charge >= 0.3 is 0 Å². The van der Waals surface area contributed by atoms with Crippen molar-refractivity contribution in [2.24, 2.45) is 11.7 Å². The molecule has 3 aromatic rings. The second-order valence-corrected chi connectivity index (χ2v) is 8.46. The summed E-state index contributed by atoms with van der Waals surface area (Å²) in [5, 5.41) is 12.7. The van der Waals surface area contributed by atoms with Crippen molar-refractivity contribution in [1.82, 2.24) is 14.4 Å². The molecule has 4 rings (SSSR count). The normalized spacial score (nSPS) is 13.9. The van der Waals surface area contributed by atoms with Crippen molar-refractivity contribution in [2.75, 3.05) is 18.5 Å². The number of aromatic nitrogens is 3. The minimum absolute atomic E-state index is 0.130. The van der Waals surface area contributed by atoms with Crippen molar-refractivity contribution in [2.45, 2.75) is 45.4 Å². The molecule has 1 fully saturated rings. The third kappa shape index (κ3) is 4.16. The Balaban J connectivity index is 1.80. The maximum Gasteiger partial charge on any atom is 0.248 e. The first-order valence-corrected chi connectivity index (χ1v) is 10.6. The standard InChI is InChI=1S/C23H29N5O2/c1-14(2)11-25-22-23-26-12-20(28(23)13-17(27-22)4-3-9-29)16-7-8-18(21(24)30)19(10-16)15-5-6-15/h7-8,10,12-15,29H,3-6,9,11H2,1-2H3,(H2,24,30)(H,25,27). The fourth-order valence-electron chi connectivity index (χ4n) is 3.73. The topological polar surface area (TPSA) is 106 Å². The Kier molecular flexibility index (Phi) is 5.72. The van der Waals surface area contributed by atoms with Crippen LogP contribution in [0, 0.1) is 5.92 Å². The zero-order chi connectivity index (χ0) is 21.3. The Labute approximate surface area is 176 Å². The highest BCUT2D eigenvalue weighted by Crippen LogP contribution is 2.43. The van der Waals surface area contributed by atoms with Gasteiger partial charge in [0.15, 0.2) is 11.5 Å². The number of rotatable bonds is 9. The van der Waals surface area contributed by atoms with Gasteiger partial charge in [0.2, 0.25) is 5.91 Å². The van der Waals surface area contributed by atoms with Gasteiger partial charge in [-0.3, -0.25) is 9.20 Å². The Morgan fingerprint density at radius 3 is 2.83 bits per heavy atom. The van der Waals surface area contributed by atoms with Crippen LogP contribution >= 0.6 is 0 Å². The van der Waals surface area contributed by atoms with E-state index in [1.165, 1.54) is 0 Å². The molecule has 4 N–H and O–H groups in total. The molecule has 7 nitrogen and oxygen atoms in total. The predicted octanol–water partition coefficient (Wildman–Crippen LogP) is 3.37. The summed E-state index contributed by atoms with van der Waals surface area (Å²) in [5.41, 5.74) is 10.9. The van der Waals surface area contributed by atoms with Crippen molar-refractivity contribution in [1.29, 1.82) is 0 Å².